The average molecular weight is 344 g/mol. The van der Waals surface area contributed by atoms with Gasteiger partial charge in [-0.15, -0.1) is 0 Å². The lowest BCUT2D eigenvalue weighted by molar-refractivity contribution is -0.122. The van der Waals surface area contributed by atoms with Crippen LogP contribution in [0.1, 0.15) is 44.9 Å². The van der Waals surface area contributed by atoms with Gasteiger partial charge in [0.15, 0.2) is 5.13 Å². The summed E-state index contributed by atoms with van der Waals surface area (Å²) in [6.07, 6.45) is 11.3. The molecule has 0 spiro atoms. The molecule has 1 aliphatic heterocycles. The fourth-order valence-corrected chi connectivity index (χ4v) is 4.83. The topological polar surface area (TPSA) is 58.1 Å². The highest BCUT2D eigenvalue weighted by atomic mass is 32.1. The molecule has 0 aromatic carbocycles. The fraction of sp³-hybridized carbons (Fsp3) is 0.611. The second kappa shape index (κ2) is 7.05. The number of carbonyl (C=O) groups excluding carboxylic acids is 1. The zero-order valence-corrected chi connectivity index (χ0v) is 14.7. The molecule has 4 rings (SSSR count). The van der Waals surface area contributed by atoms with Crippen LogP contribution in [0.15, 0.2) is 18.5 Å². The third kappa shape index (κ3) is 3.53. The van der Waals surface area contributed by atoms with E-state index in [-0.39, 0.29) is 5.91 Å². The first-order valence-corrected chi connectivity index (χ1v) is 9.84. The maximum atomic E-state index is 12.2. The Morgan fingerprint density at radius 2 is 2.04 bits per heavy atom. The Bertz CT molecular complexity index is 669. The van der Waals surface area contributed by atoms with E-state index in [1.807, 2.05) is 18.5 Å². The smallest absolute Gasteiger partial charge is 0.220 e. The quantitative estimate of drug-likeness (QED) is 0.924. The van der Waals surface area contributed by atoms with Crippen LogP contribution in [0.2, 0.25) is 0 Å². The molecule has 1 aliphatic carbocycles. The summed E-state index contributed by atoms with van der Waals surface area (Å²) in [5.74, 6) is 0.769. The minimum Gasteiger partial charge on any atom is -0.353 e. The van der Waals surface area contributed by atoms with E-state index in [4.69, 9.17) is 4.98 Å². The predicted molar refractivity (Wildman–Crippen MR) is 97.4 cm³/mol. The van der Waals surface area contributed by atoms with Crippen molar-refractivity contribution in [2.75, 3.05) is 18.0 Å². The third-order valence-electron chi connectivity index (χ3n) is 5.26. The van der Waals surface area contributed by atoms with E-state index in [1.54, 1.807) is 11.3 Å². The number of thiazole rings is 1. The molecule has 0 radical (unpaired) electrons. The van der Waals surface area contributed by atoms with Crippen LogP contribution in [0.4, 0.5) is 5.13 Å². The number of fused-ring (bicyclic) bond motifs is 1. The number of pyridine rings is 1. The van der Waals surface area contributed by atoms with Gasteiger partial charge in [0.25, 0.3) is 0 Å². The van der Waals surface area contributed by atoms with Crippen LogP contribution in [0.3, 0.4) is 0 Å². The molecular weight excluding hydrogens is 320 g/mol. The van der Waals surface area contributed by atoms with Crippen molar-refractivity contribution in [2.24, 2.45) is 5.92 Å². The Labute approximate surface area is 146 Å². The number of anilines is 1. The van der Waals surface area contributed by atoms with Crippen molar-refractivity contribution in [3.63, 3.8) is 0 Å². The molecule has 2 fully saturated rings. The van der Waals surface area contributed by atoms with Crippen molar-refractivity contribution < 1.29 is 4.79 Å². The van der Waals surface area contributed by atoms with E-state index in [9.17, 15) is 4.79 Å². The van der Waals surface area contributed by atoms with Crippen molar-refractivity contribution in [1.82, 2.24) is 15.3 Å². The Balaban J connectivity index is 1.29. The summed E-state index contributed by atoms with van der Waals surface area (Å²) < 4.78 is 1.19. The molecule has 1 saturated heterocycles. The van der Waals surface area contributed by atoms with Crippen LogP contribution in [0.25, 0.3) is 10.2 Å². The summed E-state index contributed by atoms with van der Waals surface area (Å²) in [6, 6.07) is 2.46. The van der Waals surface area contributed by atoms with E-state index in [0.717, 1.165) is 49.4 Å². The SMILES string of the molecule is O=C(CC1CCN(c2nc3cnccc3s2)CC1)NC1CCCC1. The lowest BCUT2D eigenvalue weighted by atomic mass is 9.93. The van der Waals surface area contributed by atoms with E-state index in [1.165, 1.54) is 17.5 Å². The van der Waals surface area contributed by atoms with Crippen LogP contribution in [0, 0.1) is 5.92 Å². The number of aromatic nitrogens is 2. The highest BCUT2D eigenvalue weighted by Crippen LogP contribution is 2.31. The second-order valence-electron chi connectivity index (χ2n) is 7.02. The van der Waals surface area contributed by atoms with E-state index >= 15 is 0 Å². The van der Waals surface area contributed by atoms with Gasteiger partial charge in [0.2, 0.25) is 5.91 Å². The lowest BCUT2D eigenvalue weighted by Crippen LogP contribution is -2.38. The Morgan fingerprint density at radius 3 is 2.79 bits per heavy atom. The summed E-state index contributed by atoms with van der Waals surface area (Å²) in [7, 11) is 0. The van der Waals surface area contributed by atoms with Crippen LogP contribution in [-0.2, 0) is 4.79 Å². The lowest BCUT2D eigenvalue weighted by Gasteiger charge is -2.31. The zero-order valence-electron chi connectivity index (χ0n) is 13.9. The number of rotatable bonds is 4. The van der Waals surface area contributed by atoms with E-state index in [0.29, 0.717) is 18.4 Å². The van der Waals surface area contributed by atoms with Gasteiger partial charge in [0.1, 0.15) is 5.52 Å². The minimum atomic E-state index is 0.256. The van der Waals surface area contributed by atoms with Crippen LogP contribution in [-0.4, -0.2) is 35.0 Å². The molecule has 2 aromatic heterocycles. The summed E-state index contributed by atoms with van der Waals surface area (Å²) in [4.78, 5) is 23.4. The van der Waals surface area contributed by atoms with Crippen LogP contribution in [0.5, 0.6) is 0 Å². The number of piperidine rings is 1. The van der Waals surface area contributed by atoms with Gasteiger partial charge in [-0.3, -0.25) is 9.78 Å². The van der Waals surface area contributed by atoms with Gasteiger partial charge < -0.3 is 10.2 Å². The first-order chi connectivity index (χ1) is 11.8. The number of hydrogen-bond donors (Lipinski definition) is 1. The van der Waals surface area contributed by atoms with Gasteiger partial charge in [-0.25, -0.2) is 4.98 Å². The highest BCUT2D eigenvalue weighted by Gasteiger charge is 2.25. The molecule has 1 amide bonds. The summed E-state index contributed by atoms with van der Waals surface area (Å²) in [6.45, 7) is 1.99. The molecule has 3 heterocycles. The van der Waals surface area contributed by atoms with Crippen LogP contribution < -0.4 is 10.2 Å². The van der Waals surface area contributed by atoms with Gasteiger partial charge in [-0.1, -0.05) is 24.2 Å². The number of hydrogen-bond acceptors (Lipinski definition) is 5. The summed E-state index contributed by atoms with van der Waals surface area (Å²) in [5, 5.41) is 4.31. The first-order valence-electron chi connectivity index (χ1n) is 9.03. The molecule has 0 atom stereocenters. The van der Waals surface area contributed by atoms with Gasteiger partial charge in [-0.2, -0.15) is 0 Å². The molecule has 0 unspecified atom stereocenters. The Morgan fingerprint density at radius 1 is 1.25 bits per heavy atom. The number of amides is 1. The van der Waals surface area contributed by atoms with Crippen molar-refractivity contribution in [3.05, 3.63) is 18.5 Å². The molecule has 5 nitrogen and oxygen atoms in total. The molecule has 1 N–H and O–H groups in total. The average Bonchev–Trinajstić information content (AvgIpc) is 3.24. The fourth-order valence-electron chi connectivity index (χ4n) is 3.85. The molecule has 1 saturated carbocycles. The molecule has 0 bridgehead atoms. The van der Waals surface area contributed by atoms with Gasteiger partial charge in [0.05, 0.1) is 10.9 Å². The molecule has 2 aliphatic rings. The molecule has 24 heavy (non-hydrogen) atoms. The molecule has 128 valence electrons. The van der Waals surface area contributed by atoms with Crippen LogP contribution >= 0.6 is 11.3 Å². The largest absolute Gasteiger partial charge is 0.353 e. The molecule has 6 heteroatoms. The van der Waals surface area contributed by atoms with E-state index < -0.39 is 0 Å². The maximum Gasteiger partial charge on any atom is 0.220 e. The van der Waals surface area contributed by atoms with Gasteiger partial charge >= 0.3 is 0 Å². The molecular formula is C18H24N4OS. The van der Waals surface area contributed by atoms with E-state index in [2.05, 4.69) is 15.2 Å². The molecule has 2 aromatic rings. The van der Waals surface area contributed by atoms with Crippen molar-refractivity contribution >= 4 is 32.6 Å². The van der Waals surface area contributed by atoms with Crippen molar-refractivity contribution in [2.45, 2.75) is 51.0 Å². The normalized spacial score (nSPS) is 19.9. The predicted octanol–water partition coefficient (Wildman–Crippen LogP) is 3.36. The second-order valence-corrected chi connectivity index (χ2v) is 8.03. The van der Waals surface area contributed by atoms with Gasteiger partial charge in [0, 0.05) is 31.7 Å². The Hall–Kier alpha value is -1.69. The minimum absolute atomic E-state index is 0.256. The Kier molecular flexibility index (Phi) is 4.65. The summed E-state index contributed by atoms with van der Waals surface area (Å²) >= 11 is 1.74. The third-order valence-corrected chi connectivity index (χ3v) is 6.36. The first kappa shape index (κ1) is 15.8. The maximum absolute atomic E-state index is 12.2. The zero-order chi connectivity index (χ0) is 16.4. The monoisotopic (exact) mass is 344 g/mol. The summed E-state index contributed by atoms with van der Waals surface area (Å²) in [5.41, 5.74) is 0.982. The van der Waals surface area contributed by atoms with Crippen molar-refractivity contribution in [3.8, 4) is 0 Å². The number of nitrogens with one attached hydrogen (secondary N) is 1. The standard InChI is InChI=1S/C18H24N4OS/c23-17(20-14-3-1-2-4-14)11-13-6-9-22(10-7-13)18-21-15-12-19-8-5-16(15)24-18/h5,8,12-14H,1-4,6-7,9-11H2,(H,20,23). The highest BCUT2D eigenvalue weighted by molar-refractivity contribution is 7.22. The number of nitrogens with zero attached hydrogens (tertiary/aromatic N) is 3. The number of carbonyl (C=O) groups is 1. The van der Waals surface area contributed by atoms with Crippen molar-refractivity contribution in [1.29, 1.82) is 0 Å². The van der Waals surface area contributed by atoms with Gasteiger partial charge in [-0.05, 0) is 37.7 Å².